The van der Waals surface area contributed by atoms with E-state index in [1.807, 2.05) is 27.7 Å². The van der Waals surface area contributed by atoms with Gasteiger partial charge in [-0.05, 0) is 75.2 Å². The molecule has 0 saturated carbocycles. The fourth-order valence-corrected chi connectivity index (χ4v) is 4.25. The van der Waals surface area contributed by atoms with Crippen LogP contribution in [0, 0.1) is 13.8 Å². The molecule has 3 rings (SSSR count). The highest BCUT2D eigenvalue weighted by Crippen LogP contribution is 2.32. The molecule has 2 aromatic carbocycles. The Kier molecular flexibility index (Phi) is 7.47. The van der Waals surface area contributed by atoms with E-state index in [2.05, 4.69) is 28.5 Å². The minimum Gasteiger partial charge on any atom is -0.339 e. The van der Waals surface area contributed by atoms with Crippen LogP contribution in [0.25, 0.3) is 0 Å². The van der Waals surface area contributed by atoms with Gasteiger partial charge in [-0.25, -0.2) is 4.98 Å². The second-order valence-electron chi connectivity index (χ2n) is 7.24. The van der Waals surface area contributed by atoms with Gasteiger partial charge in [0.1, 0.15) is 5.03 Å². The number of carbonyl (C=O) groups is 2. The van der Waals surface area contributed by atoms with E-state index < -0.39 is 0 Å². The Hall–Kier alpha value is -3.12. The lowest BCUT2D eigenvalue weighted by Crippen LogP contribution is -2.30. The summed E-state index contributed by atoms with van der Waals surface area (Å²) in [5.41, 5.74) is 3.92. The van der Waals surface area contributed by atoms with Crippen LogP contribution in [0.1, 0.15) is 45.7 Å². The molecule has 0 aliphatic carbocycles. The summed E-state index contributed by atoms with van der Waals surface area (Å²) in [6, 6.07) is 16.8. The number of hydrogen-bond acceptors (Lipinski definition) is 4. The van der Waals surface area contributed by atoms with Crippen LogP contribution >= 0.6 is 11.8 Å². The lowest BCUT2D eigenvalue weighted by molar-refractivity contribution is 0.0772. The van der Waals surface area contributed by atoms with Crippen LogP contribution in [-0.4, -0.2) is 34.8 Å². The normalized spacial score (nSPS) is 10.6. The molecule has 31 heavy (non-hydrogen) atoms. The fourth-order valence-electron chi connectivity index (χ4n) is 3.19. The second kappa shape index (κ2) is 10.3. The summed E-state index contributed by atoms with van der Waals surface area (Å²) in [7, 11) is 0. The number of amides is 2. The van der Waals surface area contributed by atoms with E-state index in [1.54, 1.807) is 47.5 Å². The molecule has 1 aromatic heterocycles. The first-order chi connectivity index (χ1) is 14.9. The Labute approximate surface area is 187 Å². The number of hydrogen-bond donors (Lipinski definition) is 1. The molecular weight excluding hydrogens is 406 g/mol. The number of aryl methyl sites for hydroxylation is 2. The van der Waals surface area contributed by atoms with Gasteiger partial charge in [-0.3, -0.25) is 9.59 Å². The highest BCUT2D eigenvalue weighted by atomic mass is 32.2. The average Bonchev–Trinajstić information content (AvgIpc) is 2.77. The van der Waals surface area contributed by atoms with Gasteiger partial charge in [0.05, 0.1) is 5.56 Å². The quantitative estimate of drug-likeness (QED) is 0.528. The van der Waals surface area contributed by atoms with Crippen molar-refractivity contribution in [3.63, 3.8) is 0 Å². The van der Waals surface area contributed by atoms with E-state index in [9.17, 15) is 9.59 Å². The first-order valence-electron chi connectivity index (χ1n) is 10.3. The molecule has 1 N–H and O–H groups in total. The van der Waals surface area contributed by atoms with Crippen molar-refractivity contribution in [2.24, 2.45) is 0 Å². The van der Waals surface area contributed by atoms with Gasteiger partial charge in [0.25, 0.3) is 11.8 Å². The lowest BCUT2D eigenvalue weighted by Gasteiger charge is -2.19. The van der Waals surface area contributed by atoms with Gasteiger partial charge in [-0.2, -0.15) is 0 Å². The largest absolute Gasteiger partial charge is 0.339 e. The molecule has 0 unspecified atom stereocenters. The Morgan fingerprint density at radius 2 is 1.77 bits per heavy atom. The summed E-state index contributed by atoms with van der Waals surface area (Å²) < 4.78 is 0. The Bertz CT molecular complexity index is 1090. The Morgan fingerprint density at radius 1 is 1.00 bits per heavy atom. The van der Waals surface area contributed by atoms with Crippen molar-refractivity contribution in [2.75, 3.05) is 18.4 Å². The molecular formula is C25H27N3O2S. The first kappa shape index (κ1) is 22.6. The van der Waals surface area contributed by atoms with Crippen molar-refractivity contribution < 1.29 is 9.59 Å². The van der Waals surface area contributed by atoms with Crippen molar-refractivity contribution >= 4 is 29.3 Å². The monoisotopic (exact) mass is 433 g/mol. The maximum Gasteiger partial charge on any atom is 0.258 e. The van der Waals surface area contributed by atoms with E-state index in [0.717, 1.165) is 16.0 Å². The third-order valence-corrected chi connectivity index (χ3v) is 6.16. The van der Waals surface area contributed by atoms with Crippen LogP contribution in [0.5, 0.6) is 0 Å². The summed E-state index contributed by atoms with van der Waals surface area (Å²) >= 11 is 1.48. The summed E-state index contributed by atoms with van der Waals surface area (Å²) in [4.78, 5) is 32.9. The molecule has 0 spiro atoms. The van der Waals surface area contributed by atoms with Gasteiger partial charge in [-0.1, -0.05) is 30.0 Å². The highest BCUT2D eigenvalue weighted by molar-refractivity contribution is 7.99. The van der Waals surface area contributed by atoms with Crippen LogP contribution in [0.3, 0.4) is 0 Å². The molecule has 6 heteroatoms. The van der Waals surface area contributed by atoms with E-state index in [-0.39, 0.29) is 11.8 Å². The molecule has 0 saturated heterocycles. The molecule has 0 bridgehead atoms. The number of nitrogens with zero attached hydrogens (tertiary/aromatic N) is 2. The van der Waals surface area contributed by atoms with Crippen molar-refractivity contribution in [1.82, 2.24) is 9.88 Å². The second-order valence-corrected chi connectivity index (χ2v) is 8.27. The predicted octanol–water partition coefficient (Wildman–Crippen LogP) is 5.58. The summed E-state index contributed by atoms with van der Waals surface area (Å²) in [5.74, 6) is -0.304. The van der Waals surface area contributed by atoms with Crippen molar-refractivity contribution in [2.45, 2.75) is 37.6 Å². The van der Waals surface area contributed by atoms with E-state index in [0.29, 0.717) is 34.9 Å². The number of anilines is 1. The summed E-state index contributed by atoms with van der Waals surface area (Å²) in [6.45, 7) is 9.27. The first-order valence-corrected chi connectivity index (χ1v) is 11.1. The molecule has 0 fully saturated rings. The smallest absolute Gasteiger partial charge is 0.258 e. The van der Waals surface area contributed by atoms with Crippen LogP contribution in [-0.2, 0) is 0 Å². The molecule has 0 aliphatic rings. The third kappa shape index (κ3) is 5.52. The maximum absolute atomic E-state index is 13.0. The zero-order chi connectivity index (χ0) is 22.4. The molecule has 0 aliphatic heterocycles. The number of carbonyl (C=O) groups excluding carboxylic acids is 2. The van der Waals surface area contributed by atoms with Crippen molar-refractivity contribution in [1.29, 1.82) is 0 Å². The van der Waals surface area contributed by atoms with Gasteiger partial charge in [-0.15, -0.1) is 0 Å². The SMILES string of the molecule is CCN(CC)C(=O)c1cccc(NC(=O)c2cccnc2Sc2cc(C)ccc2C)c1. The molecule has 5 nitrogen and oxygen atoms in total. The summed E-state index contributed by atoms with van der Waals surface area (Å²) in [6.07, 6.45) is 1.69. The Balaban J connectivity index is 1.83. The number of benzene rings is 2. The van der Waals surface area contributed by atoms with Crippen molar-refractivity contribution in [3.8, 4) is 0 Å². The van der Waals surface area contributed by atoms with Crippen LogP contribution in [0.2, 0.25) is 0 Å². The minimum atomic E-state index is -0.256. The molecule has 160 valence electrons. The Morgan fingerprint density at radius 3 is 2.52 bits per heavy atom. The van der Waals surface area contributed by atoms with Crippen LogP contribution < -0.4 is 5.32 Å². The van der Waals surface area contributed by atoms with Gasteiger partial charge in [0, 0.05) is 35.4 Å². The fraction of sp³-hybridized carbons (Fsp3) is 0.240. The molecule has 1 heterocycles. The van der Waals surface area contributed by atoms with Crippen molar-refractivity contribution in [3.05, 3.63) is 83.0 Å². The molecule has 0 atom stereocenters. The molecule has 3 aromatic rings. The van der Waals surface area contributed by atoms with Crippen LogP contribution in [0.15, 0.2) is 70.7 Å². The minimum absolute atomic E-state index is 0.0476. The summed E-state index contributed by atoms with van der Waals surface area (Å²) in [5, 5.41) is 3.56. The zero-order valence-corrected chi connectivity index (χ0v) is 19.1. The standard InChI is InChI=1S/C25H27N3O2S/c1-5-28(6-2)25(30)19-9-7-10-20(16-19)27-23(29)21-11-8-14-26-24(21)31-22-15-17(3)12-13-18(22)4/h7-16H,5-6H2,1-4H3,(H,27,29). The lowest BCUT2D eigenvalue weighted by atomic mass is 10.1. The average molecular weight is 434 g/mol. The van der Waals surface area contributed by atoms with E-state index in [4.69, 9.17) is 0 Å². The molecule has 0 radical (unpaired) electrons. The predicted molar refractivity (Wildman–Crippen MR) is 126 cm³/mol. The third-order valence-electron chi connectivity index (χ3n) is 4.98. The number of aromatic nitrogens is 1. The van der Waals surface area contributed by atoms with E-state index >= 15 is 0 Å². The van der Waals surface area contributed by atoms with Gasteiger partial charge in [0.15, 0.2) is 0 Å². The number of nitrogens with one attached hydrogen (secondary N) is 1. The highest BCUT2D eigenvalue weighted by Gasteiger charge is 2.17. The number of pyridine rings is 1. The van der Waals surface area contributed by atoms with Gasteiger partial charge >= 0.3 is 0 Å². The topological polar surface area (TPSA) is 62.3 Å². The zero-order valence-electron chi connectivity index (χ0n) is 18.3. The van der Waals surface area contributed by atoms with Gasteiger partial charge in [0.2, 0.25) is 0 Å². The van der Waals surface area contributed by atoms with Gasteiger partial charge < -0.3 is 10.2 Å². The number of rotatable bonds is 7. The van der Waals surface area contributed by atoms with Crippen LogP contribution in [0.4, 0.5) is 5.69 Å². The maximum atomic E-state index is 13.0. The molecule has 2 amide bonds. The van der Waals surface area contributed by atoms with E-state index in [1.165, 1.54) is 11.8 Å².